The van der Waals surface area contributed by atoms with Crippen LogP contribution in [0.1, 0.15) is 12.0 Å². The number of thioether (sulfide) groups is 1. The van der Waals surface area contributed by atoms with Crippen LogP contribution in [0, 0.1) is 0 Å². The van der Waals surface area contributed by atoms with Crippen molar-refractivity contribution in [2.24, 2.45) is 4.99 Å². The van der Waals surface area contributed by atoms with Crippen LogP contribution in [0.4, 0.5) is 0 Å². The molecule has 5 heteroatoms. The monoisotopic (exact) mass is 269 g/mol. The molecule has 2 rings (SSSR count). The maximum absolute atomic E-state index is 10.0. The minimum atomic E-state index is 0.261. The molecule has 1 aliphatic heterocycles. The average Bonchev–Trinajstić information content (AvgIpc) is 2.82. The van der Waals surface area contributed by atoms with Crippen LogP contribution in [0.2, 0.25) is 5.02 Å². The number of isocyanates is 1. The zero-order chi connectivity index (χ0) is 12.1. The van der Waals surface area contributed by atoms with Crippen molar-refractivity contribution in [2.45, 2.75) is 19.1 Å². The lowest BCUT2D eigenvalue weighted by Crippen LogP contribution is -2.14. The first-order valence-electron chi connectivity index (χ1n) is 5.36. The Labute approximate surface area is 109 Å². The van der Waals surface area contributed by atoms with Crippen molar-refractivity contribution in [1.82, 2.24) is 0 Å². The molecule has 1 aliphatic rings. The first-order valence-corrected chi connectivity index (χ1v) is 6.89. The van der Waals surface area contributed by atoms with E-state index in [0.29, 0.717) is 17.3 Å². The third kappa shape index (κ3) is 3.50. The van der Waals surface area contributed by atoms with Gasteiger partial charge < -0.3 is 4.74 Å². The number of rotatable bonds is 4. The molecule has 0 amide bonds. The molecule has 0 N–H and O–H groups in total. The van der Waals surface area contributed by atoms with Gasteiger partial charge in [-0.3, -0.25) is 0 Å². The number of nitrogens with zero attached hydrogens (tertiary/aromatic N) is 1. The van der Waals surface area contributed by atoms with Crippen LogP contribution >= 0.6 is 23.4 Å². The Bertz CT molecular complexity index is 440. The Morgan fingerprint density at radius 1 is 1.59 bits per heavy atom. The van der Waals surface area contributed by atoms with Gasteiger partial charge in [-0.1, -0.05) is 17.7 Å². The molecule has 1 atom stereocenters. The van der Waals surface area contributed by atoms with E-state index in [1.807, 2.05) is 23.9 Å². The normalized spacial score (nSPS) is 18.8. The molecule has 0 aliphatic carbocycles. The third-order valence-electron chi connectivity index (χ3n) is 2.50. The summed E-state index contributed by atoms with van der Waals surface area (Å²) in [6.07, 6.45) is 2.84. The van der Waals surface area contributed by atoms with Gasteiger partial charge in [-0.05, 0) is 29.9 Å². The molecule has 1 saturated heterocycles. The summed E-state index contributed by atoms with van der Waals surface area (Å²) < 4.78 is 5.80. The Hall–Kier alpha value is -0.960. The molecule has 0 bridgehead atoms. The molecule has 0 spiro atoms. The highest BCUT2D eigenvalue weighted by atomic mass is 35.5. The number of carbonyl (C=O) groups excluding carboxylic acids is 1. The number of aliphatic imine (C=N–C) groups is 1. The van der Waals surface area contributed by atoms with E-state index in [9.17, 15) is 4.79 Å². The largest absolute Gasteiger partial charge is 0.488 e. The van der Waals surface area contributed by atoms with Gasteiger partial charge in [0.25, 0.3) is 0 Å². The molecule has 0 saturated carbocycles. The third-order valence-corrected chi connectivity index (χ3v) is 3.93. The smallest absolute Gasteiger partial charge is 0.235 e. The topological polar surface area (TPSA) is 38.7 Å². The van der Waals surface area contributed by atoms with Gasteiger partial charge in [-0.2, -0.15) is 11.8 Å². The second-order valence-corrected chi connectivity index (χ2v) is 5.33. The molecule has 0 radical (unpaired) electrons. The highest BCUT2D eigenvalue weighted by Gasteiger charge is 2.18. The summed E-state index contributed by atoms with van der Waals surface area (Å²) >= 11 is 8.01. The van der Waals surface area contributed by atoms with Gasteiger partial charge in [0, 0.05) is 5.75 Å². The van der Waals surface area contributed by atoms with E-state index >= 15 is 0 Å². The van der Waals surface area contributed by atoms with E-state index in [1.54, 1.807) is 6.07 Å². The van der Waals surface area contributed by atoms with E-state index in [-0.39, 0.29) is 6.10 Å². The minimum Gasteiger partial charge on any atom is -0.488 e. The predicted molar refractivity (Wildman–Crippen MR) is 69.6 cm³/mol. The van der Waals surface area contributed by atoms with Crippen molar-refractivity contribution < 1.29 is 9.53 Å². The van der Waals surface area contributed by atoms with E-state index < -0.39 is 0 Å². The zero-order valence-corrected chi connectivity index (χ0v) is 10.8. The maximum Gasteiger partial charge on any atom is 0.235 e. The molecule has 1 unspecified atom stereocenters. The molecule has 1 fully saturated rings. The van der Waals surface area contributed by atoms with Crippen molar-refractivity contribution in [3.05, 3.63) is 28.8 Å². The molecular weight excluding hydrogens is 258 g/mol. The summed E-state index contributed by atoms with van der Waals surface area (Å²) in [5.74, 6) is 2.88. The quantitative estimate of drug-likeness (QED) is 0.623. The number of benzene rings is 1. The van der Waals surface area contributed by atoms with Gasteiger partial charge in [0.1, 0.15) is 11.9 Å². The standard InChI is InChI=1S/C12H12ClNO2S/c13-11-5-9(6-14-8-15)1-2-12(11)16-10-3-4-17-7-10/h1-2,5,10H,3-4,6-7H2. The van der Waals surface area contributed by atoms with Crippen LogP contribution < -0.4 is 4.74 Å². The summed E-state index contributed by atoms with van der Waals surface area (Å²) in [7, 11) is 0. The molecular formula is C12H12ClNO2S. The Morgan fingerprint density at radius 2 is 2.47 bits per heavy atom. The van der Waals surface area contributed by atoms with Crippen molar-refractivity contribution in [3.8, 4) is 5.75 Å². The lowest BCUT2D eigenvalue weighted by molar-refractivity contribution is 0.229. The summed E-state index contributed by atoms with van der Waals surface area (Å²) in [6.45, 7) is 0.308. The second-order valence-electron chi connectivity index (χ2n) is 3.78. The van der Waals surface area contributed by atoms with E-state index in [0.717, 1.165) is 23.5 Å². The lowest BCUT2D eigenvalue weighted by atomic mass is 10.2. The first-order chi connectivity index (χ1) is 8.29. The van der Waals surface area contributed by atoms with Gasteiger partial charge in [0.15, 0.2) is 0 Å². The van der Waals surface area contributed by atoms with Gasteiger partial charge in [-0.25, -0.2) is 9.79 Å². The van der Waals surface area contributed by atoms with Gasteiger partial charge in [0.2, 0.25) is 6.08 Å². The molecule has 1 aromatic rings. The average molecular weight is 270 g/mol. The fourth-order valence-electron chi connectivity index (χ4n) is 1.65. The Morgan fingerprint density at radius 3 is 3.12 bits per heavy atom. The summed E-state index contributed by atoms with van der Waals surface area (Å²) in [4.78, 5) is 13.5. The molecule has 90 valence electrons. The maximum atomic E-state index is 10.0. The minimum absolute atomic E-state index is 0.261. The molecule has 1 aromatic carbocycles. The van der Waals surface area contributed by atoms with Crippen LogP contribution in [0.25, 0.3) is 0 Å². The molecule has 0 aromatic heterocycles. The summed E-state index contributed by atoms with van der Waals surface area (Å²) in [6, 6.07) is 5.48. The predicted octanol–water partition coefficient (Wildman–Crippen LogP) is 3.06. The highest BCUT2D eigenvalue weighted by Crippen LogP contribution is 2.29. The van der Waals surface area contributed by atoms with Crippen LogP contribution in [0.5, 0.6) is 5.75 Å². The van der Waals surface area contributed by atoms with Crippen molar-refractivity contribution >= 4 is 29.4 Å². The highest BCUT2D eigenvalue weighted by molar-refractivity contribution is 7.99. The number of hydrogen-bond acceptors (Lipinski definition) is 4. The molecule has 1 heterocycles. The fourth-order valence-corrected chi connectivity index (χ4v) is 2.99. The van der Waals surface area contributed by atoms with Crippen molar-refractivity contribution in [3.63, 3.8) is 0 Å². The summed E-state index contributed by atoms with van der Waals surface area (Å²) in [5, 5.41) is 0.570. The van der Waals surface area contributed by atoms with E-state index in [4.69, 9.17) is 16.3 Å². The fraction of sp³-hybridized carbons (Fsp3) is 0.417. The van der Waals surface area contributed by atoms with Gasteiger partial charge >= 0.3 is 0 Å². The first kappa shape index (κ1) is 12.5. The Balaban J connectivity index is 2.05. The van der Waals surface area contributed by atoms with Gasteiger partial charge in [0.05, 0.1) is 11.6 Å². The van der Waals surface area contributed by atoms with Crippen LogP contribution in [-0.2, 0) is 11.3 Å². The summed E-state index contributed by atoms with van der Waals surface area (Å²) in [5.41, 5.74) is 0.881. The van der Waals surface area contributed by atoms with Crippen LogP contribution in [0.15, 0.2) is 23.2 Å². The van der Waals surface area contributed by atoms with Gasteiger partial charge in [-0.15, -0.1) is 0 Å². The lowest BCUT2D eigenvalue weighted by Gasteiger charge is -2.14. The van der Waals surface area contributed by atoms with Crippen LogP contribution in [0.3, 0.4) is 0 Å². The number of halogens is 1. The van der Waals surface area contributed by atoms with Crippen molar-refractivity contribution in [2.75, 3.05) is 11.5 Å². The zero-order valence-electron chi connectivity index (χ0n) is 9.19. The number of ether oxygens (including phenoxy) is 1. The SMILES string of the molecule is O=C=NCc1ccc(OC2CCSC2)c(Cl)c1. The molecule has 3 nitrogen and oxygen atoms in total. The second kappa shape index (κ2) is 6.10. The van der Waals surface area contributed by atoms with Crippen LogP contribution in [-0.4, -0.2) is 23.7 Å². The molecule has 17 heavy (non-hydrogen) atoms. The Kier molecular flexibility index (Phi) is 4.49. The van der Waals surface area contributed by atoms with Crippen molar-refractivity contribution in [1.29, 1.82) is 0 Å². The van der Waals surface area contributed by atoms with E-state index in [2.05, 4.69) is 4.99 Å². The van der Waals surface area contributed by atoms with E-state index in [1.165, 1.54) is 6.08 Å². The number of hydrogen-bond donors (Lipinski definition) is 0.